The van der Waals surface area contributed by atoms with Gasteiger partial charge >= 0.3 is 0 Å². The van der Waals surface area contributed by atoms with Gasteiger partial charge in [-0.1, -0.05) is 42.5 Å². The monoisotopic (exact) mass is 283 g/mol. The van der Waals surface area contributed by atoms with Gasteiger partial charge < -0.3 is 5.32 Å². The van der Waals surface area contributed by atoms with E-state index in [-0.39, 0.29) is 5.82 Å². The Kier molecular flexibility index (Phi) is 4.66. The molecule has 0 saturated heterocycles. The first-order valence-corrected chi connectivity index (χ1v) is 7.84. The minimum absolute atomic E-state index is 0.165. The fourth-order valence-electron chi connectivity index (χ4n) is 3.22. The second-order valence-corrected chi connectivity index (χ2v) is 5.97. The van der Waals surface area contributed by atoms with E-state index in [2.05, 4.69) is 35.6 Å². The van der Waals surface area contributed by atoms with Crippen molar-refractivity contribution in [1.82, 2.24) is 5.32 Å². The van der Waals surface area contributed by atoms with E-state index in [1.165, 1.54) is 43.4 Å². The second-order valence-electron chi connectivity index (χ2n) is 5.97. The van der Waals surface area contributed by atoms with Crippen LogP contribution in [0.15, 0.2) is 54.6 Å². The van der Waals surface area contributed by atoms with Crippen molar-refractivity contribution in [2.24, 2.45) is 0 Å². The van der Waals surface area contributed by atoms with Crippen LogP contribution in [0.1, 0.15) is 42.7 Å². The highest BCUT2D eigenvalue weighted by atomic mass is 19.1. The lowest BCUT2D eigenvalue weighted by atomic mass is 9.82. The van der Waals surface area contributed by atoms with Crippen LogP contribution in [-0.4, -0.2) is 6.04 Å². The van der Waals surface area contributed by atoms with Gasteiger partial charge in [0.25, 0.3) is 0 Å². The van der Waals surface area contributed by atoms with Crippen molar-refractivity contribution < 1.29 is 4.39 Å². The fourth-order valence-corrected chi connectivity index (χ4v) is 3.22. The van der Waals surface area contributed by atoms with E-state index in [1.54, 1.807) is 0 Å². The molecule has 0 heterocycles. The molecule has 0 amide bonds. The first-order valence-electron chi connectivity index (χ1n) is 7.84. The largest absolute Gasteiger partial charge is 0.310 e. The van der Waals surface area contributed by atoms with Crippen LogP contribution >= 0.6 is 0 Å². The molecule has 1 aliphatic carbocycles. The van der Waals surface area contributed by atoms with Crippen LogP contribution in [-0.2, 0) is 6.54 Å². The normalized spacial score (nSPS) is 22.1. The third kappa shape index (κ3) is 3.92. The Balaban J connectivity index is 1.47. The molecule has 0 radical (unpaired) electrons. The maximum atomic E-state index is 12.9. The molecule has 21 heavy (non-hydrogen) atoms. The Hall–Kier alpha value is -1.67. The number of nitrogens with one attached hydrogen (secondary N) is 1. The van der Waals surface area contributed by atoms with E-state index >= 15 is 0 Å². The molecule has 1 saturated carbocycles. The van der Waals surface area contributed by atoms with Gasteiger partial charge in [0.2, 0.25) is 0 Å². The highest BCUT2D eigenvalue weighted by molar-refractivity contribution is 5.20. The SMILES string of the molecule is Fc1ccc(CNC2CCC(c3ccccc3)CC2)cc1. The zero-order valence-electron chi connectivity index (χ0n) is 12.3. The third-order valence-corrected chi connectivity index (χ3v) is 4.51. The van der Waals surface area contributed by atoms with Gasteiger partial charge in [-0.25, -0.2) is 4.39 Å². The molecular weight excluding hydrogens is 261 g/mol. The molecule has 1 nitrogen and oxygen atoms in total. The molecular formula is C19H22FN. The van der Waals surface area contributed by atoms with E-state index in [0.29, 0.717) is 6.04 Å². The average Bonchev–Trinajstić information content (AvgIpc) is 2.56. The molecule has 110 valence electrons. The van der Waals surface area contributed by atoms with Gasteiger partial charge in [-0.05, 0) is 54.9 Å². The summed E-state index contributed by atoms with van der Waals surface area (Å²) in [6.07, 6.45) is 4.96. The molecule has 2 aromatic rings. The summed E-state index contributed by atoms with van der Waals surface area (Å²) in [7, 11) is 0. The van der Waals surface area contributed by atoms with Crippen LogP contribution in [0.25, 0.3) is 0 Å². The number of hydrogen-bond acceptors (Lipinski definition) is 1. The molecule has 1 aliphatic rings. The highest BCUT2D eigenvalue weighted by Gasteiger charge is 2.21. The van der Waals surface area contributed by atoms with Gasteiger partial charge in [-0.3, -0.25) is 0 Å². The van der Waals surface area contributed by atoms with Crippen molar-refractivity contribution >= 4 is 0 Å². The molecule has 0 unspecified atom stereocenters. The van der Waals surface area contributed by atoms with Gasteiger partial charge in [0, 0.05) is 12.6 Å². The maximum absolute atomic E-state index is 12.9. The molecule has 1 N–H and O–H groups in total. The van der Waals surface area contributed by atoms with E-state index in [0.717, 1.165) is 18.0 Å². The van der Waals surface area contributed by atoms with Crippen molar-refractivity contribution in [2.45, 2.75) is 44.2 Å². The zero-order chi connectivity index (χ0) is 14.5. The number of hydrogen-bond donors (Lipinski definition) is 1. The molecule has 0 aliphatic heterocycles. The topological polar surface area (TPSA) is 12.0 Å². The lowest BCUT2D eigenvalue weighted by molar-refractivity contribution is 0.341. The number of halogens is 1. The smallest absolute Gasteiger partial charge is 0.123 e. The molecule has 1 fully saturated rings. The molecule has 0 atom stereocenters. The van der Waals surface area contributed by atoms with Crippen LogP contribution in [0.4, 0.5) is 4.39 Å². The molecule has 3 rings (SSSR count). The Labute approximate surface area is 126 Å². The van der Waals surface area contributed by atoms with Gasteiger partial charge in [0.15, 0.2) is 0 Å². The minimum atomic E-state index is -0.165. The lowest BCUT2D eigenvalue weighted by Crippen LogP contribution is -2.32. The zero-order valence-corrected chi connectivity index (χ0v) is 12.3. The van der Waals surface area contributed by atoms with E-state index in [4.69, 9.17) is 0 Å². The quantitative estimate of drug-likeness (QED) is 0.861. The molecule has 0 spiro atoms. The van der Waals surface area contributed by atoms with Gasteiger partial charge in [0.1, 0.15) is 5.82 Å². The van der Waals surface area contributed by atoms with Crippen LogP contribution in [0.5, 0.6) is 0 Å². The van der Waals surface area contributed by atoms with E-state index < -0.39 is 0 Å². The highest BCUT2D eigenvalue weighted by Crippen LogP contribution is 2.32. The molecule has 2 aromatic carbocycles. The Morgan fingerprint density at radius 2 is 1.52 bits per heavy atom. The van der Waals surface area contributed by atoms with E-state index in [9.17, 15) is 4.39 Å². The predicted octanol–water partition coefficient (Wildman–Crippen LogP) is 4.64. The maximum Gasteiger partial charge on any atom is 0.123 e. The van der Waals surface area contributed by atoms with Gasteiger partial charge in [-0.2, -0.15) is 0 Å². The van der Waals surface area contributed by atoms with Crippen molar-refractivity contribution in [1.29, 1.82) is 0 Å². The van der Waals surface area contributed by atoms with Crippen LogP contribution < -0.4 is 5.32 Å². The summed E-state index contributed by atoms with van der Waals surface area (Å²) < 4.78 is 12.9. The summed E-state index contributed by atoms with van der Waals surface area (Å²) in [5, 5.41) is 3.61. The van der Waals surface area contributed by atoms with Crippen molar-refractivity contribution in [3.63, 3.8) is 0 Å². The van der Waals surface area contributed by atoms with Crippen molar-refractivity contribution in [3.8, 4) is 0 Å². The number of rotatable bonds is 4. The standard InChI is InChI=1S/C19H22FN/c20-18-10-6-15(7-11-18)14-21-19-12-8-17(9-13-19)16-4-2-1-3-5-16/h1-7,10-11,17,19,21H,8-9,12-14H2. The summed E-state index contributed by atoms with van der Waals surface area (Å²) in [6.45, 7) is 0.834. The fraction of sp³-hybridized carbons (Fsp3) is 0.368. The second kappa shape index (κ2) is 6.86. The van der Waals surface area contributed by atoms with Crippen LogP contribution in [0.2, 0.25) is 0 Å². The van der Waals surface area contributed by atoms with Crippen LogP contribution in [0.3, 0.4) is 0 Å². The van der Waals surface area contributed by atoms with Gasteiger partial charge in [-0.15, -0.1) is 0 Å². The number of benzene rings is 2. The Morgan fingerprint density at radius 1 is 0.857 bits per heavy atom. The lowest BCUT2D eigenvalue weighted by Gasteiger charge is -2.29. The Morgan fingerprint density at radius 3 is 2.19 bits per heavy atom. The first kappa shape index (κ1) is 14.3. The molecule has 0 bridgehead atoms. The summed E-state index contributed by atoms with van der Waals surface area (Å²) >= 11 is 0. The summed E-state index contributed by atoms with van der Waals surface area (Å²) in [5.41, 5.74) is 2.64. The summed E-state index contributed by atoms with van der Waals surface area (Å²) in [6, 6.07) is 18.2. The Bertz CT molecular complexity index is 542. The summed E-state index contributed by atoms with van der Waals surface area (Å²) in [4.78, 5) is 0. The predicted molar refractivity (Wildman–Crippen MR) is 84.7 cm³/mol. The van der Waals surface area contributed by atoms with Gasteiger partial charge in [0.05, 0.1) is 0 Å². The van der Waals surface area contributed by atoms with Crippen molar-refractivity contribution in [2.75, 3.05) is 0 Å². The first-order chi connectivity index (χ1) is 10.3. The average molecular weight is 283 g/mol. The molecule has 0 aromatic heterocycles. The van der Waals surface area contributed by atoms with Crippen LogP contribution in [0, 0.1) is 5.82 Å². The minimum Gasteiger partial charge on any atom is -0.310 e. The van der Waals surface area contributed by atoms with Crippen molar-refractivity contribution in [3.05, 3.63) is 71.5 Å². The van der Waals surface area contributed by atoms with E-state index in [1.807, 2.05) is 12.1 Å². The third-order valence-electron chi connectivity index (χ3n) is 4.51. The molecule has 2 heteroatoms. The summed E-state index contributed by atoms with van der Waals surface area (Å²) in [5.74, 6) is 0.553.